The predicted octanol–water partition coefficient (Wildman–Crippen LogP) is 3.70. The summed E-state index contributed by atoms with van der Waals surface area (Å²) in [4.78, 5) is 26.7. The van der Waals surface area contributed by atoms with Crippen LogP contribution in [0.15, 0.2) is 18.5 Å². The van der Waals surface area contributed by atoms with Gasteiger partial charge < -0.3 is 14.4 Å². The van der Waals surface area contributed by atoms with Gasteiger partial charge in [-0.05, 0) is 33.6 Å². The monoisotopic (exact) mass is 378 g/mol. The van der Waals surface area contributed by atoms with Crippen LogP contribution in [0.4, 0.5) is 4.79 Å². The fraction of sp³-hybridized carbons (Fsp3) is 0.556. The Balaban J connectivity index is 1.64. The van der Waals surface area contributed by atoms with Crippen LogP contribution in [0, 0.1) is 5.92 Å². The molecule has 0 N–H and O–H groups in total. The summed E-state index contributed by atoms with van der Waals surface area (Å²) in [6.45, 7) is 7.33. The standard InChI is InChI=1S/C18H23ClN4O3/c1-18(2,3)26-17(24)23-8-4-5-12(10-23)11-25-16-15-13(9-14(19)22-16)20-6-7-21-15/h6-7,9,12H,4-5,8,10-11H2,1-3H3/t12-/m1/s1. The van der Waals surface area contributed by atoms with Crippen molar-refractivity contribution >= 4 is 28.7 Å². The van der Waals surface area contributed by atoms with Gasteiger partial charge in [-0.25, -0.2) is 9.78 Å². The lowest BCUT2D eigenvalue weighted by Gasteiger charge is -2.33. The molecule has 2 aromatic heterocycles. The molecule has 8 heteroatoms. The van der Waals surface area contributed by atoms with Gasteiger partial charge in [-0.3, -0.25) is 4.98 Å². The van der Waals surface area contributed by atoms with Crippen molar-refractivity contribution in [3.63, 3.8) is 0 Å². The first kappa shape index (κ1) is 18.6. The van der Waals surface area contributed by atoms with Gasteiger partial charge in [-0.2, -0.15) is 4.98 Å². The van der Waals surface area contributed by atoms with Gasteiger partial charge in [0.2, 0.25) is 5.88 Å². The Labute approximate surface area is 157 Å². The van der Waals surface area contributed by atoms with Crippen molar-refractivity contribution < 1.29 is 14.3 Å². The molecule has 0 spiro atoms. The molecule has 0 bridgehead atoms. The van der Waals surface area contributed by atoms with Gasteiger partial charge in [0.1, 0.15) is 10.8 Å². The molecule has 0 unspecified atom stereocenters. The maximum Gasteiger partial charge on any atom is 0.410 e. The minimum absolute atomic E-state index is 0.198. The maximum atomic E-state index is 12.3. The van der Waals surface area contributed by atoms with Crippen molar-refractivity contribution in [1.82, 2.24) is 19.9 Å². The lowest BCUT2D eigenvalue weighted by Crippen LogP contribution is -2.44. The third kappa shape index (κ3) is 4.72. The molecule has 0 saturated carbocycles. The van der Waals surface area contributed by atoms with Gasteiger partial charge in [0.15, 0.2) is 5.52 Å². The topological polar surface area (TPSA) is 77.4 Å². The smallest absolute Gasteiger partial charge is 0.410 e. The third-order valence-electron chi connectivity index (χ3n) is 4.02. The maximum absolute atomic E-state index is 12.3. The highest BCUT2D eigenvalue weighted by Crippen LogP contribution is 2.25. The number of piperidine rings is 1. The summed E-state index contributed by atoms with van der Waals surface area (Å²) in [6, 6.07) is 1.65. The van der Waals surface area contributed by atoms with Crippen molar-refractivity contribution in [3.8, 4) is 5.88 Å². The number of hydrogen-bond donors (Lipinski definition) is 0. The highest BCUT2D eigenvalue weighted by atomic mass is 35.5. The van der Waals surface area contributed by atoms with E-state index in [4.69, 9.17) is 21.1 Å². The van der Waals surface area contributed by atoms with Crippen molar-refractivity contribution in [2.24, 2.45) is 5.92 Å². The Morgan fingerprint density at radius 1 is 1.35 bits per heavy atom. The second-order valence-corrected chi connectivity index (χ2v) is 7.81. The van der Waals surface area contributed by atoms with Gasteiger partial charge in [0.25, 0.3) is 0 Å². The summed E-state index contributed by atoms with van der Waals surface area (Å²) in [5.41, 5.74) is 0.723. The summed E-state index contributed by atoms with van der Waals surface area (Å²) in [5, 5.41) is 0.312. The SMILES string of the molecule is CC(C)(C)OC(=O)N1CCC[C@@H](COc2nc(Cl)cc3nccnc23)C1. The number of carbonyl (C=O) groups excluding carboxylic acids is 1. The quantitative estimate of drug-likeness (QED) is 0.758. The molecule has 0 aliphatic carbocycles. The van der Waals surface area contributed by atoms with Crippen LogP contribution in [-0.2, 0) is 4.74 Å². The normalized spacial score (nSPS) is 18.0. The van der Waals surface area contributed by atoms with Crippen molar-refractivity contribution in [2.45, 2.75) is 39.2 Å². The van der Waals surface area contributed by atoms with E-state index in [2.05, 4.69) is 15.0 Å². The zero-order valence-corrected chi connectivity index (χ0v) is 16.0. The van der Waals surface area contributed by atoms with Crippen LogP contribution in [0.25, 0.3) is 11.0 Å². The summed E-state index contributed by atoms with van der Waals surface area (Å²) >= 11 is 6.04. The lowest BCUT2D eigenvalue weighted by atomic mass is 9.99. The Hall–Kier alpha value is -2.15. The number of ether oxygens (including phenoxy) is 2. The molecule has 26 heavy (non-hydrogen) atoms. The van der Waals surface area contributed by atoms with E-state index < -0.39 is 5.60 Å². The average molecular weight is 379 g/mol. The van der Waals surface area contributed by atoms with E-state index in [9.17, 15) is 4.79 Å². The first-order valence-corrected chi connectivity index (χ1v) is 9.07. The van der Waals surface area contributed by atoms with Gasteiger partial charge in [0, 0.05) is 37.5 Å². The number of aromatic nitrogens is 3. The zero-order valence-electron chi connectivity index (χ0n) is 15.2. The number of rotatable bonds is 3. The molecule has 1 saturated heterocycles. The fourth-order valence-electron chi connectivity index (χ4n) is 2.91. The van der Waals surface area contributed by atoms with Crippen molar-refractivity contribution in [3.05, 3.63) is 23.6 Å². The molecule has 140 valence electrons. The Kier molecular flexibility index (Phi) is 5.46. The van der Waals surface area contributed by atoms with Crippen LogP contribution < -0.4 is 4.74 Å². The number of nitrogens with zero attached hydrogens (tertiary/aromatic N) is 4. The number of carbonyl (C=O) groups is 1. The van der Waals surface area contributed by atoms with E-state index >= 15 is 0 Å². The van der Waals surface area contributed by atoms with E-state index in [1.165, 1.54) is 0 Å². The third-order valence-corrected chi connectivity index (χ3v) is 4.21. The van der Waals surface area contributed by atoms with Gasteiger partial charge >= 0.3 is 6.09 Å². The number of likely N-dealkylation sites (tertiary alicyclic amines) is 1. The van der Waals surface area contributed by atoms with E-state index in [-0.39, 0.29) is 12.0 Å². The summed E-state index contributed by atoms with van der Waals surface area (Å²) < 4.78 is 11.4. The number of pyridine rings is 1. The molecule has 3 rings (SSSR count). The molecule has 7 nitrogen and oxygen atoms in total. The molecule has 1 aliphatic heterocycles. The van der Waals surface area contributed by atoms with Gasteiger partial charge in [-0.1, -0.05) is 11.6 Å². The highest BCUT2D eigenvalue weighted by Gasteiger charge is 2.28. The van der Waals surface area contributed by atoms with Gasteiger partial charge in [-0.15, -0.1) is 0 Å². The second-order valence-electron chi connectivity index (χ2n) is 7.42. The number of halogens is 1. The molecule has 1 amide bonds. The summed E-state index contributed by atoms with van der Waals surface area (Å²) in [6.07, 6.45) is 4.80. The van der Waals surface area contributed by atoms with Crippen LogP contribution in [0.1, 0.15) is 33.6 Å². The first-order valence-electron chi connectivity index (χ1n) is 8.70. The van der Waals surface area contributed by atoms with Gasteiger partial charge in [0.05, 0.1) is 12.1 Å². The van der Waals surface area contributed by atoms with Crippen LogP contribution >= 0.6 is 11.6 Å². The molecule has 1 fully saturated rings. The molecular weight excluding hydrogens is 356 g/mol. The minimum atomic E-state index is -0.497. The van der Waals surface area contributed by atoms with Crippen LogP contribution in [0.2, 0.25) is 5.15 Å². The number of hydrogen-bond acceptors (Lipinski definition) is 6. The molecule has 1 atom stereocenters. The predicted molar refractivity (Wildman–Crippen MR) is 98.4 cm³/mol. The Morgan fingerprint density at radius 3 is 2.88 bits per heavy atom. The Morgan fingerprint density at radius 2 is 2.12 bits per heavy atom. The number of fused-ring (bicyclic) bond motifs is 1. The highest BCUT2D eigenvalue weighted by molar-refractivity contribution is 6.30. The largest absolute Gasteiger partial charge is 0.476 e. The minimum Gasteiger partial charge on any atom is -0.476 e. The summed E-state index contributed by atoms with van der Waals surface area (Å²) in [5.74, 6) is 0.568. The van der Waals surface area contributed by atoms with Crippen LogP contribution in [0.5, 0.6) is 5.88 Å². The van der Waals surface area contributed by atoms with Crippen LogP contribution in [-0.4, -0.2) is 51.2 Å². The zero-order chi connectivity index (χ0) is 18.7. The van der Waals surface area contributed by atoms with E-state index in [0.29, 0.717) is 41.8 Å². The van der Waals surface area contributed by atoms with E-state index in [0.717, 1.165) is 12.8 Å². The molecule has 1 aliphatic rings. The number of amides is 1. The molecule has 0 radical (unpaired) electrons. The van der Waals surface area contributed by atoms with Crippen LogP contribution in [0.3, 0.4) is 0 Å². The Bertz CT molecular complexity index is 794. The first-order chi connectivity index (χ1) is 12.3. The fourth-order valence-corrected chi connectivity index (χ4v) is 3.09. The molecule has 0 aromatic carbocycles. The molecule has 2 aromatic rings. The average Bonchev–Trinajstić information content (AvgIpc) is 2.58. The molecular formula is C18H23ClN4O3. The molecule has 3 heterocycles. The van der Waals surface area contributed by atoms with E-state index in [1.54, 1.807) is 23.4 Å². The van der Waals surface area contributed by atoms with Crippen molar-refractivity contribution in [1.29, 1.82) is 0 Å². The lowest BCUT2D eigenvalue weighted by molar-refractivity contribution is 0.0138. The second kappa shape index (κ2) is 7.61. The van der Waals surface area contributed by atoms with Crippen molar-refractivity contribution in [2.75, 3.05) is 19.7 Å². The summed E-state index contributed by atoms with van der Waals surface area (Å²) in [7, 11) is 0. The van der Waals surface area contributed by atoms with E-state index in [1.807, 2.05) is 20.8 Å².